The molecule has 0 fully saturated rings. The summed E-state index contributed by atoms with van der Waals surface area (Å²) in [7, 11) is 0. The third kappa shape index (κ3) is 4.43. The summed E-state index contributed by atoms with van der Waals surface area (Å²) < 4.78 is 1.02. The van der Waals surface area contributed by atoms with E-state index in [1.165, 1.54) is 0 Å². The molecule has 0 amide bonds. The van der Waals surface area contributed by atoms with Gasteiger partial charge in [0.1, 0.15) is 0 Å². The molecule has 0 aliphatic carbocycles. The average Bonchev–Trinajstić information content (AvgIpc) is 2.62. The van der Waals surface area contributed by atoms with E-state index in [2.05, 4.69) is 21.2 Å². The second kappa shape index (κ2) is 7.75. The molecule has 0 atom stereocenters. The molecular weight excluding hydrogens is 362 g/mol. The Kier molecular flexibility index (Phi) is 5.24. The molecule has 0 aliphatic rings. The zero-order chi connectivity index (χ0) is 16.8. The molecule has 0 heterocycles. The highest BCUT2D eigenvalue weighted by atomic mass is 79.9. The van der Waals surface area contributed by atoms with Crippen molar-refractivity contribution in [2.24, 2.45) is 0 Å². The van der Waals surface area contributed by atoms with E-state index in [4.69, 9.17) is 0 Å². The summed E-state index contributed by atoms with van der Waals surface area (Å²) in [5, 5.41) is 3.30. The molecule has 3 rings (SSSR count). The number of carbonyl (C=O) groups excluding carboxylic acids is 1. The summed E-state index contributed by atoms with van der Waals surface area (Å²) in [4.78, 5) is 12.2. The molecule has 1 N–H and O–H groups in total. The summed E-state index contributed by atoms with van der Waals surface area (Å²) in [6.45, 7) is 0. The summed E-state index contributed by atoms with van der Waals surface area (Å²) in [6, 6.07) is 25.2. The van der Waals surface area contributed by atoms with Crippen LogP contribution in [0.4, 0.5) is 11.4 Å². The van der Waals surface area contributed by atoms with E-state index < -0.39 is 0 Å². The van der Waals surface area contributed by atoms with Crippen LogP contribution in [0.5, 0.6) is 0 Å². The maximum atomic E-state index is 12.2. The lowest BCUT2D eigenvalue weighted by atomic mass is 10.1. The van der Waals surface area contributed by atoms with Crippen molar-refractivity contribution in [3.05, 3.63) is 101 Å². The van der Waals surface area contributed by atoms with Crippen LogP contribution in [-0.4, -0.2) is 5.78 Å². The number of ketones is 1. The zero-order valence-corrected chi connectivity index (χ0v) is 14.5. The molecule has 3 aromatic carbocycles. The third-order valence-electron chi connectivity index (χ3n) is 3.53. The predicted molar refractivity (Wildman–Crippen MR) is 104 cm³/mol. The molecule has 0 bridgehead atoms. The average molecular weight is 378 g/mol. The Hall–Kier alpha value is -2.65. The van der Waals surface area contributed by atoms with Crippen LogP contribution in [0.25, 0.3) is 6.08 Å². The molecule has 3 heteroatoms. The normalized spacial score (nSPS) is 10.7. The number of anilines is 2. The maximum absolute atomic E-state index is 12.2. The molecule has 118 valence electrons. The van der Waals surface area contributed by atoms with Gasteiger partial charge in [-0.3, -0.25) is 4.79 Å². The summed E-state index contributed by atoms with van der Waals surface area (Å²) in [6.07, 6.45) is 3.42. The Bertz CT molecular complexity index is 837. The van der Waals surface area contributed by atoms with Crippen molar-refractivity contribution in [2.45, 2.75) is 0 Å². The molecule has 0 radical (unpaired) electrons. The van der Waals surface area contributed by atoms with Crippen LogP contribution in [0.3, 0.4) is 0 Å². The number of halogens is 1. The van der Waals surface area contributed by atoms with Crippen LogP contribution in [0, 0.1) is 0 Å². The maximum Gasteiger partial charge on any atom is 0.185 e. The fraction of sp³-hybridized carbons (Fsp3) is 0. The minimum absolute atomic E-state index is 0.0100. The van der Waals surface area contributed by atoms with Crippen LogP contribution in [-0.2, 0) is 0 Å². The van der Waals surface area contributed by atoms with Crippen molar-refractivity contribution in [3.8, 4) is 0 Å². The van der Waals surface area contributed by atoms with Gasteiger partial charge in [0.2, 0.25) is 0 Å². The van der Waals surface area contributed by atoms with Crippen molar-refractivity contribution in [2.75, 3.05) is 5.32 Å². The van der Waals surface area contributed by atoms with E-state index in [0.29, 0.717) is 5.56 Å². The largest absolute Gasteiger partial charge is 0.356 e. The molecule has 2 nitrogen and oxygen atoms in total. The van der Waals surface area contributed by atoms with Crippen LogP contribution >= 0.6 is 15.9 Å². The Balaban J connectivity index is 1.66. The number of para-hydroxylation sites is 1. The first kappa shape index (κ1) is 16.2. The van der Waals surface area contributed by atoms with E-state index in [1.807, 2.05) is 84.9 Å². The highest BCUT2D eigenvalue weighted by Crippen LogP contribution is 2.17. The van der Waals surface area contributed by atoms with Gasteiger partial charge in [0.15, 0.2) is 5.78 Å². The first-order valence-electron chi connectivity index (χ1n) is 7.61. The Morgan fingerprint density at radius 2 is 1.42 bits per heavy atom. The number of hydrogen-bond acceptors (Lipinski definition) is 2. The van der Waals surface area contributed by atoms with Gasteiger partial charge in [-0.15, -0.1) is 0 Å². The standard InChI is InChI=1S/C21H16BrNO/c22-18-11-6-16(7-12-18)8-15-21(24)17-9-13-20(14-10-17)23-19-4-2-1-3-5-19/h1-15,23H. The smallest absolute Gasteiger partial charge is 0.185 e. The second-order valence-electron chi connectivity index (χ2n) is 5.32. The first-order chi connectivity index (χ1) is 11.7. The summed E-state index contributed by atoms with van der Waals surface area (Å²) in [5.74, 6) is -0.0100. The van der Waals surface area contributed by atoms with E-state index >= 15 is 0 Å². The molecule has 0 spiro atoms. The van der Waals surface area contributed by atoms with Gasteiger partial charge >= 0.3 is 0 Å². The Labute approximate surface area is 150 Å². The first-order valence-corrected chi connectivity index (χ1v) is 8.40. The van der Waals surface area contributed by atoms with Crippen LogP contribution in [0.15, 0.2) is 89.4 Å². The van der Waals surface area contributed by atoms with Gasteiger partial charge in [-0.2, -0.15) is 0 Å². The number of hydrogen-bond donors (Lipinski definition) is 1. The number of allylic oxidation sites excluding steroid dienone is 1. The van der Waals surface area contributed by atoms with E-state index in [9.17, 15) is 4.79 Å². The SMILES string of the molecule is O=C(C=Cc1ccc(Br)cc1)c1ccc(Nc2ccccc2)cc1. The molecular formula is C21H16BrNO. The van der Waals surface area contributed by atoms with Crippen LogP contribution in [0.1, 0.15) is 15.9 Å². The second-order valence-corrected chi connectivity index (χ2v) is 6.23. The monoisotopic (exact) mass is 377 g/mol. The fourth-order valence-corrected chi connectivity index (χ4v) is 2.51. The third-order valence-corrected chi connectivity index (χ3v) is 4.06. The highest BCUT2D eigenvalue weighted by Gasteiger charge is 2.02. The zero-order valence-electron chi connectivity index (χ0n) is 12.9. The van der Waals surface area contributed by atoms with Crippen molar-refractivity contribution >= 4 is 39.2 Å². The van der Waals surface area contributed by atoms with E-state index in [-0.39, 0.29) is 5.78 Å². The molecule has 0 saturated heterocycles. The van der Waals surface area contributed by atoms with Gasteiger partial charge in [0.25, 0.3) is 0 Å². The number of rotatable bonds is 5. The molecule has 0 aromatic heterocycles. The Morgan fingerprint density at radius 1 is 0.792 bits per heavy atom. The van der Waals surface area contributed by atoms with Gasteiger partial charge in [-0.1, -0.05) is 52.3 Å². The summed E-state index contributed by atoms with van der Waals surface area (Å²) >= 11 is 3.40. The lowest BCUT2D eigenvalue weighted by molar-refractivity contribution is 0.104. The van der Waals surface area contributed by atoms with Crippen LogP contribution < -0.4 is 5.32 Å². The molecule has 0 unspecified atom stereocenters. The fourth-order valence-electron chi connectivity index (χ4n) is 2.25. The van der Waals surface area contributed by atoms with Crippen molar-refractivity contribution in [1.82, 2.24) is 0 Å². The molecule has 3 aromatic rings. The van der Waals surface area contributed by atoms with Gasteiger partial charge in [-0.05, 0) is 60.2 Å². The highest BCUT2D eigenvalue weighted by molar-refractivity contribution is 9.10. The number of nitrogens with one attached hydrogen (secondary N) is 1. The molecule has 24 heavy (non-hydrogen) atoms. The van der Waals surface area contributed by atoms with Crippen molar-refractivity contribution in [3.63, 3.8) is 0 Å². The number of benzene rings is 3. The Morgan fingerprint density at radius 3 is 2.08 bits per heavy atom. The van der Waals surface area contributed by atoms with Gasteiger partial charge < -0.3 is 5.32 Å². The molecule has 0 saturated carbocycles. The van der Waals surface area contributed by atoms with Gasteiger partial charge in [-0.25, -0.2) is 0 Å². The lowest BCUT2D eigenvalue weighted by Crippen LogP contribution is -1.95. The number of carbonyl (C=O) groups is 1. The quantitative estimate of drug-likeness (QED) is 0.430. The summed E-state index contributed by atoms with van der Waals surface area (Å²) in [5.41, 5.74) is 3.64. The van der Waals surface area contributed by atoms with Crippen molar-refractivity contribution in [1.29, 1.82) is 0 Å². The van der Waals surface area contributed by atoms with Gasteiger partial charge in [0, 0.05) is 21.4 Å². The van der Waals surface area contributed by atoms with Crippen molar-refractivity contribution < 1.29 is 4.79 Å². The van der Waals surface area contributed by atoms with Gasteiger partial charge in [0.05, 0.1) is 0 Å². The topological polar surface area (TPSA) is 29.1 Å². The minimum Gasteiger partial charge on any atom is -0.356 e. The van der Waals surface area contributed by atoms with Crippen LogP contribution in [0.2, 0.25) is 0 Å². The molecule has 0 aliphatic heterocycles. The predicted octanol–water partition coefficient (Wildman–Crippen LogP) is 6.09. The lowest BCUT2D eigenvalue weighted by Gasteiger charge is -2.06. The van der Waals surface area contributed by atoms with E-state index in [0.717, 1.165) is 21.4 Å². The minimum atomic E-state index is -0.0100. The van der Waals surface area contributed by atoms with E-state index in [1.54, 1.807) is 6.08 Å².